The lowest BCUT2D eigenvalue weighted by atomic mass is 10.2. The average molecular weight is 268 g/mol. The van der Waals surface area contributed by atoms with E-state index < -0.39 is 0 Å². The predicted octanol–water partition coefficient (Wildman–Crippen LogP) is 0.978. The molecule has 0 radical (unpaired) electrons. The highest BCUT2D eigenvalue weighted by Crippen LogP contribution is 2.30. The Morgan fingerprint density at radius 2 is 2.33 bits per heavy atom. The average Bonchev–Trinajstić information content (AvgIpc) is 2.95. The summed E-state index contributed by atoms with van der Waals surface area (Å²) in [5.41, 5.74) is 1.59. The van der Waals surface area contributed by atoms with E-state index in [1.807, 2.05) is 7.05 Å². The molecule has 0 spiro atoms. The van der Waals surface area contributed by atoms with E-state index in [-0.39, 0.29) is 17.9 Å². The highest BCUT2D eigenvalue weighted by Gasteiger charge is 2.28. The van der Waals surface area contributed by atoms with Crippen molar-refractivity contribution < 1.29 is 5.11 Å². The fourth-order valence-corrected chi connectivity index (χ4v) is 2.71. The molecule has 6 nitrogen and oxygen atoms in total. The van der Waals surface area contributed by atoms with E-state index in [1.165, 1.54) is 0 Å². The highest BCUT2D eigenvalue weighted by atomic mass is 35.5. The summed E-state index contributed by atoms with van der Waals surface area (Å²) >= 11 is 5.95. The molecule has 1 atom stereocenters. The molecule has 0 aromatic carbocycles. The zero-order valence-corrected chi connectivity index (χ0v) is 10.8. The van der Waals surface area contributed by atoms with Crippen molar-refractivity contribution in [1.29, 1.82) is 0 Å². The van der Waals surface area contributed by atoms with Crippen LogP contribution in [0.1, 0.15) is 12.8 Å². The van der Waals surface area contributed by atoms with Crippen molar-refractivity contribution in [1.82, 2.24) is 19.7 Å². The molecule has 7 heteroatoms. The van der Waals surface area contributed by atoms with E-state index >= 15 is 0 Å². The zero-order valence-electron chi connectivity index (χ0n) is 10.0. The lowest BCUT2D eigenvalue weighted by molar-refractivity contribution is 0.266. The van der Waals surface area contributed by atoms with Crippen LogP contribution in [0.25, 0.3) is 11.0 Å². The molecule has 96 valence electrons. The number of hydrogen-bond acceptors (Lipinski definition) is 5. The van der Waals surface area contributed by atoms with Gasteiger partial charge in [-0.1, -0.05) is 0 Å². The summed E-state index contributed by atoms with van der Waals surface area (Å²) < 4.78 is 1.74. The van der Waals surface area contributed by atoms with Crippen molar-refractivity contribution in [3.05, 3.63) is 11.5 Å². The van der Waals surface area contributed by atoms with Crippen LogP contribution in [0.2, 0.25) is 5.28 Å². The highest BCUT2D eigenvalue weighted by molar-refractivity contribution is 6.28. The molecular weight excluding hydrogens is 254 g/mol. The van der Waals surface area contributed by atoms with Crippen molar-refractivity contribution in [3.8, 4) is 0 Å². The number of anilines is 1. The second-order valence-corrected chi connectivity index (χ2v) is 4.83. The second kappa shape index (κ2) is 4.37. The molecule has 1 N–H and O–H groups in total. The van der Waals surface area contributed by atoms with E-state index in [0.717, 1.165) is 36.2 Å². The number of aliphatic hydroxyl groups is 1. The van der Waals surface area contributed by atoms with Crippen molar-refractivity contribution in [2.24, 2.45) is 7.05 Å². The summed E-state index contributed by atoms with van der Waals surface area (Å²) in [6.45, 7) is 1.000. The predicted molar refractivity (Wildman–Crippen MR) is 68.8 cm³/mol. The van der Waals surface area contributed by atoms with Gasteiger partial charge in [-0.05, 0) is 24.4 Å². The number of aliphatic hydroxyl groups excluding tert-OH is 1. The van der Waals surface area contributed by atoms with Gasteiger partial charge in [0.25, 0.3) is 0 Å². The van der Waals surface area contributed by atoms with Crippen molar-refractivity contribution in [3.63, 3.8) is 0 Å². The molecule has 0 saturated carbocycles. The molecule has 1 aliphatic heterocycles. The van der Waals surface area contributed by atoms with Crippen LogP contribution in [0.3, 0.4) is 0 Å². The summed E-state index contributed by atoms with van der Waals surface area (Å²) in [5, 5.41) is 13.8. The molecule has 3 rings (SSSR count). The van der Waals surface area contributed by atoms with Crippen LogP contribution in [0.5, 0.6) is 0 Å². The molecule has 1 fully saturated rings. The molecule has 0 unspecified atom stereocenters. The number of halogens is 1. The molecule has 0 amide bonds. The van der Waals surface area contributed by atoms with Gasteiger partial charge < -0.3 is 10.0 Å². The summed E-state index contributed by atoms with van der Waals surface area (Å²) in [5.74, 6) is 0.765. The third-order valence-electron chi connectivity index (χ3n) is 3.40. The maximum absolute atomic E-state index is 9.42. The van der Waals surface area contributed by atoms with Gasteiger partial charge >= 0.3 is 0 Å². The largest absolute Gasteiger partial charge is 0.394 e. The SMILES string of the molecule is Cn1ncc2nc(Cl)nc(N3CCC[C@H]3CO)c21. The van der Waals surface area contributed by atoms with E-state index in [2.05, 4.69) is 20.0 Å². The number of rotatable bonds is 2. The molecule has 2 aromatic heterocycles. The number of hydrogen-bond donors (Lipinski definition) is 1. The summed E-state index contributed by atoms with van der Waals surface area (Å²) in [6.07, 6.45) is 3.69. The second-order valence-electron chi connectivity index (χ2n) is 4.49. The fourth-order valence-electron chi connectivity index (χ4n) is 2.54. The third-order valence-corrected chi connectivity index (χ3v) is 3.57. The molecule has 3 heterocycles. The first-order valence-electron chi connectivity index (χ1n) is 5.93. The van der Waals surface area contributed by atoms with Crippen LogP contribution in [-0.2, 0) is 7.05 Å². The fraction of sp³-hybridized carbons (Fsp3) is 0.545. The monoisotopic (exact) mass is 267 g/mol. The Labute approximate surface area is 109 Å². The molecule has 1 aliphatic rings. The Bertz CT molecular complexity index is 584. The Morgan fingerprint density at radius 1 is 1.50 bits per heavy atom. The molecule has 0 aliphatic carbocycles. The molecular formula is C11H14ClN5O. The van der Waals surface area contributed by atoms with Gasteiger partial charge in [0.1, 0.15) is 11.0 Å². The lowest BCUT2D eigenvalue weighted by Crippen LogP contribution is -2.33. The minimum absolute atomic E-state index is 0.106. The van der Waals surface area contributed by atoms with Crippen molar-refractivity contribution in [2.45, 2.75) is 18.9 Å². The minimum atomic E-state index is 0.106. The standard InChI is InChI=1S/C11H14ClN5O/c1-16-9-8(5-13-16)14-11(12)15-10(9)17-4-2-3-7(17)6-18/h5,7,18H,2-4,6H2,1H3/t7-/m0/s1. The van der Waals surface area contributed by atoms with Crippen LogP contribution in [0.15, 0.2) is 6.20 Å². The third kappa shape index (κ3) is 1.72. The maximum Gasteiger partial charge on any atom is 0.225 e. The Kier molecular flexibility index (Phi) is 2.83. The first kappa shape index (κ1) is 11.7. The molecule has 2 aromatic rings. The van der Waals surface area contributed by atoms with Crippen molar-refractivity contribution in [2.75, 3.05) is 18.1 Å². The smallest absolute Gasteiger partial charge is 0.225 e. The topological polar surface area (TPSA) is 67.1 Å². The van der Waals surface area contributed by atoms with Crippen LogP contribution >= 0.6 is 11.6 Å². The van der Waals surface area contributed by atoms with Gasteiger partial charge in [-0.25, -0.2) is 4.98 Å². The van der Waals surface area contributed by atoms with Gasteiger partial charge in [0.05, 0.1) is 18.8 Å². The molecule has 1 saturated heterocycles. The Balaban J connectivity index is 2.18. The zero-order chi connectivity index (χ0) is 12.7. The van der Waals surface area contributed by atoms with E-state index in [9.17, 15) is 5.11 Å². The van der Waals surface area contributed by atoms with E-state index in [4.69, 9.17) is 11.6 Å². The van der Waals surface area contributed by atoms with Gasteiger partial charge in [0, 0.05) is 13.6 Å². The number of aromatic nitrogens is 4. The number of nitrogens with zero attached hydrogens (tertiary/aromatic N) is 5. The van der Waals surface area contributed by atoms with Crippen LogP contribution in [0.4, 0.5) is 5.82 Å². The van der Waals surface area contributed by atoms with Crippen LogP contribution < -0.4 is 4.90 Å². The first-order valence-corrected chi connectivity index (χ1v) is 6.31. The van der Waals surface area contributed by atoms with Gasteiger partial charge in [-0.2, -0.15) is 10.1 Å². The normalized spacial score (nSPS) is 19.9. The van der Waals surface area contributed by atoms with Crippen LogP contribution in [0, 0.1) is 0 Å². The minimum Gasteiger partial charge on any atom is -0.394 e. The Hall–Kier alpha value is -1.40. The number of aryl methyl sites for hydroxylation is 1. The Morgan fingerprint density at radius 3 is 3.11 bits per heavy atom. The summed E-state index contributed by atoms with van der Waals surface area (Å²) in [7, 11) is 1.85. The van der Waals surface area contributed by atoms with E-state index in [1.54, 1.807) is 10.9 Å². The van der Waals surface area contributed by atoms with Crippen LogP contribution in [-0.4, -0.2) is 44.0 Å². The van der Waals surface area contributed by atoms with Gasteiger partial charge in [-0.15, -0.1) is 0 Å². The number of fused-ring (bicyclic) bond motifs is 1. The van der Waals surface area contributed by atoms with Gasteiger partial charge in [-0.3, -0.25) is 4.68 Å². The molecule has 0 bridgehead atoms. The van der Waals surface area contributed by atoms with E-state index in [0.29, 0.717) is 0 Å². The maximum atomic E-state index is 9.42. The van der Waals surface area contributed by atoms with Gasteiger partial charge in [0.15, 0.2) is 5.82 Å². The summed E-state index contributed by atoms with van der Waals surface area (Å²) in [6, 6.07) is 0.106. The first-order chi connectivity index (χ1) is 8.70. The molecule has 18 heavy (non-hydrogen) atoms. The van der Waals surface area contributed by atoms with Crippen molar-refractivity contribution >= 4 is 28.5 Å². The lowest BCUT2D eigenvalue weighted by Gasteiger charge is -2.24. The quantitative estimate of drug-likeness (QED) is 0.822. The van der Waals surface area contributed by atoms with Gasteiger partial charge in [0.2, 0.25) is 5.28 Å². The summed E-state index contributed by atoms with van der Waals surface area (Å²) in [4.78, 5) is 10.6.